The summed E-state index contributed by atoms with van der Waals surface area (Å²) in [6.45, 7) is 0. The van der Waals surface area contributed by atoms with Crippen LogP contribution in [0, 0.1) is 5.82 Å². The highest BCUT2D eigenvalue weighted by molar-refractivity contribution is 6.34. The van der Waals surface area contributed by atoms with Crippen LogP contribution in [0.15, 0.2) is 85.1 Å². The summed E-state index contributed by atoms with van der Waals surface area (Å²) in [6, 6.07) is 21.3. The summed E-state index contributed by atoms with van der Waals surface area (Å²) < 4.78 is 15.5. The summed E-state index contributed by atoms with van der Waals surface area (Å²) in [6.07, 6.45) is 1.33. The molecule has 0 atom stereocenters. The number of nitrogens with one attached hydrogen (secondary N) is 2. The van der Waals surface area contributed by atoms with E-state index < -0.39 is 17.6 Å². The fourth-order valence-corrected chi connectivity index (χ4v) is 3.16. The number of aromatic nitrogens is 2. The van der Waals surface area contributed by atoms with Crippen molar-refractivity contribution in [2.75, 3.05) is 10.6 Å². The smallest absolute Gasteiger partial charge is 0.261 e. The lowest BCUT2D eigenvalue weighted by Crippen LogP contribution is -2.20. The summed E-state index contributed by atoms with van der Waals surface area (Å²) in [5.41, 5.74) is 0.963. The summed E-state index contributed by atoms with van der Waals surface area (Å²) in [7, 11) is 0. The van der Waals surface area contributed by atoms with Crippen molar-refractivity contribution in [1.82, 2.24) is 9.78 Å². The second-order valence-electron chi connectivity index (χ2n) is 6.52. The van der Waals surface area contributed by atoms with Gasteiger partial charge in [-0.3, -0.25) is 9.59 Å². The fourth-order valence-electron chi connectivity index (χ4n) is 2.97. The molecule has 0 radical (unpaired) electrons. The molecule has 1 heterocycles. The molecule has 0 fully saturated rings. The number of para-hydroxylation sites is 2. The highest BCUT2D eigenvalue weighted by Crippen LogP contribution is 2.25. The first-order valence-corrected chi connectivity index (χ1v) is 9.67. The molecule has 4 rings (SSSR count). The number of halogens is 2. The molecule has 1 aromatic heterocycles. The molecule has 0 aliphatic heterocycles. The third-order valence-corrected chi connectivity index (χ3v) is 4.82. The molecule has 2 amide bonds. The Morgan fingerprint density at radius 2 is 1.45 bits per heavy atom. The molecule has 2 N–H and O–H groups in total. The lowest BCUT2D eigenvalue weighted by Gasteiger charge is -2.12. The Bertz CT molecular complexity index is 1260. The molecule has 154 valence electrons. The monoisotopic (exact) mass is 434 g/mol. The molecule has 31 heavy (non-hydrogen) atoms. The molecular formula is C23H16ClFN4O2. The molecule has 6 nitrogen and oxygen atoms in total. The number of hydrogen-bond donors (Lipinski definition) is 2. The third kappa shape index (κ3) is 4.31. The number of anilines is 2. The molecular weight excluding hydrogens is 419 g/mol. The van der Waals surface area contributed by atoms with Gasteiger partial charge in [-0.05, 0) is 36.4 Å². The Morgan fingerprint density at radius 1 is 0.806 bits per heavy atom. The summed E-state index contributed by atoms with van der Waals surface area (Å²) in [5, 5.41) is 9.95. The molecule has 0 aliphatic rings. The van der Waals surface area contributed by atoms with Crippen LogP contribution in [0.2, 0.25) is 5.02 Å². The first kappa shape index (κ1) is 20.3. The van der Waals surface area contributed by atoms with Gasteiger partial charge in [0.2, 0.25) is 0 Å². The molecule has 4 aromatic rings. The second-order valence-corrected chi connectivity index (χ2v) is 6.93. The topological polar surface area (TPSA) is 76.0 Å². The Labute approximate surface area is 182 Å². The van der Waals surface area contributed by atoms with Crippen molar-refractivity contribution < 1.29 is 14.0 Å². The fraction of sp³-hybridized carbons (Fsp3) is 0. The number of benzene rings is 3. The van der Waals surface area contributed by atoms with Crippen LogP contribution >= 0.6 is 11.6 Å². The van der Waals surface area contributed by atoms with Crippen molar-refractivity contribution in [3.05, 3.63) is 107 Å². The summed E-state index contributed by atoms with van der Waals surface area (Å²) in [5.74, 6) is -1.81. The molecule has 0 saturated carbocycles. The molecule has 0 aliphatic carbocycles. The van der Waals surface area contributed by atoms with Crippen LogP contribution < -0.4 is 10.6 Å². The quantitative estimate of drug-likeness (QED) is 0.455. The van der Waals surface area contributed by atoms with E-state index >= 15 is 0 Å². The van der Waals surface area contributed by atoms with Crippen LogP contribution in [0.3, 0.4) is 0 Å². The second kappa shape index (κ2) is 8.81. The van der Waals surface area contributed by atoms with Gasteiger partial charge >= 0.3 is 0 Å². The van der Waals surface area contributed by atoms with Gasteiger partial charge in [0.25, 0.3) is 11.8 Å². The molecule has 0 unspecified atom stereocenters. The lowest BCUT2D eigenvalue weighted by molar-refractivity contribution is 0.102. The first-order chi connectivity index (χ1) is 15.0. The SMILES string of the molecule is O=C(Nc1c(C(=O)Nc2ccccc2Cl)cnn1-c1ccccc1)c1ccccc1F. The number of nitrogens with zero attached hydrogens (tertiary/aromatic N) is 2. The van der Waals surface area contributed by atoms with Crippen LogP contribution in [0.1, 0.15) is 20.7 Å². The van der Waals surface area contributed by atoms with Crippen LogP contribution in [-0.4, -0.2) is 21.6 Å². The van der Waals surface area contributed by atoms with Crippen molar-refractivity contribution >= 4 is 34.9 Å². The molecule has 0 saturated heterocycles. The van der Waals surface area contributed by atoms with Gasteiger partial charge in [0, 0.05) is 0 Å². The lowest BCUT2D eigenvalue weighted by atomic mass is 10.2. The van der Waals surface area contributed by atoms with Crippen LogP contribution in [-0.2, 0) is 0 Å². The van der Waals surface area contributed by atoms with E-state index in [0.29, 0.717) is 16.4 Å². The van der Waals surface area contributed by atoms with Gasteiger partial charge in [-0.15, -0.1) is 0 Å². The molecule has 0 spiro atoms. The minimum atomic E-state index is -0.706. The van der Waals surface area contributed by atoms with Crippen molar-refractivity contribution in [3.8, 4) is 5.69 Å². The van der Waals surface area contributed by atoms with Crippen molar-refractivity contribution in [2.45, 2.75) is 0 Å². The molecule has 0 bridgehead atoms. The van der Waals surface area contributed by atoms with E-state index in [1.165, 1.54) is 29.1 Å². The van der Waals surface area contributed by atoms with E-state index in [2.05, 4.69) is 15.7 Å². The van der Waals surface area contributed by atoms with Gasteiger partial charge in [0.1, 0.15) is 17.2 Å². The van der Waals surface area contributed by atoms with E-state index in [0.717, 1.165) is 0 Å². The van der Waals surface area contributed by atoms with Gasteiger partial charge in [-0.25, -0.2) is 9.07 Å². The molecule has 8 heteroatoms. The van der Waals surface area contributed by atoms with E-state index in [-0.39, 0.29) is 16.9 Å². The van der Waals surface area contributed by atoms with Crippen LogP contribution in [0.25, 0.3) is 5.69 Å². The standard InChI is InChI=1S/C23H16ClFN4O2/c24-18-11-5-7-13-20(18)27-23(31)17-14-26-29(15-8-2-1-3-9-15)21(17)28-22(30)16-10-4-6-12-19(16)25/h1-14H,(H,27,31)(H,28,30). The highest BCUT2D eigenvalue weighted by Gasteiger charge is 2.22. The van der Waals surface area contributed by atoms with E-state index in [1.54, 1.807) is 54.6 Å². The predicted octanol–water partition coefficient (Wildman–Crippen LogP) is 5.17. The largest absolute Gasteiger partial charge is 0.320 e. The Hall–Kier alpha value is -3.97. The summed E-state index contributed by atoms with van der Waals surface area (Å²) >= 11 is 6.13. The molecule has 3 aromatic carbocycles. The average molecular weight is 435 g/mol. The zero-order valence-electron chi connectivity index (χ0n) is 16.0. The predicted molar refractivity (Wildman–Crippen MR) is 117 cm³/mol. The number of carbonyl (C=O) groups is 2. The van der Waals surface area contributed by atoms with E-state index in [1.807, 2.05) is 6.07 Å². The minimum Gasteiger partial charge on any atom is -0.320 e. The van der Waals surface area contributed by atoms with Crippen LogP contribution in [0.5, 0.6) is 0 Å². The van der Waals surface area contributed by atoms with E-state index in [4.69, 9.17) is 11.6 Å². The maximum absolute atomic E-state index is 14.1. The maximum atomic E-state index is 14.1. The normalized spacial score (nSPS) is 10.5. The zero-order valence-corrected chi connectivity index (χ0v) is 16.8. The van der Waals surface area contributed by atoms with Gasteiger partial charge < -0.3 is 10.6 Å². The summed E-state index contributed by atoms with van der Waals surface area (Å²) in [4.78, 5) is 25.7. The van der Waals surface area contributed by atoms with Crippen molar-refractivity contribution in [2.24, 2.45) is 0 Å². The zero-order chi connectivity index (χ0) is 21.8. The van der Waals surface area contributed by atoms with Crippen LogP contribution in [0.4, 0.5) is 15.9 Å². The number of carbonyl (C=O) groups excluding carboxylic acids is 2. The Morgan fingerprint density at radius 3 is 2.19 bits per heavy atom. The maximum Gasteiger partial charge on any atom is 0.261 e. The van der Waals surface area contributed by atoms with Gasteiger partial charge in [-0.2, -0.15) is 5.10 Å². The van der Waals surface area contributed by atoms with E-state index in [9.17, 15) is 14.0 Å². The van der Waals surface area contributed by atoms with Gasteiger partial charge in [-0.1, -0.05) is 54.1 Å². The number of amides is 2. The Balaban J connectivity index is 1.73. The van der Waals surface area contributed by atoms with Gasteiger partial charge in [0.15, 0.2) is 0 Å². The van der Waals surface area contributed by atoms with Crippen molar-refractivity contribution in [3.63, 3.8) is 0 Å². The van der Waals surface area contributed by atoms with Gasteiger partial charge in [0.05, 0.1) is 28.2 Å². The number of rotatable bonds is 5. The first-order valence-electron chi connectivity index (χ1n) is 9.30. The highest BCUT2D eigenvalue weighted by atomic mass is 35.5. The Kier molecular flexibility index (Phi) is 5.77. The van der Waals surface area contributed by atoms with Crippen molar-refractivity contribution in [1.29, 1.82) is 0 Å². The third-order valence-electron chi connectivity index (χ3n) is 4.49. The number of hydrogen-bond acceptors (Lipinski definition) is 3. The minimum absolute atomic E-state index is 0.0912. The average Bonchev–Trinajstić information content (AvgIpc) is 3.19.